The Kier molecular flexibility index (Phi) is 4.04. The lowest BCUT2D eigenvalue weighted by molar-refractivity contribution is -0.137. The van der Waals surface area contributed by atoms with Crippen LogP contribution in [-0.4, -0.2) is 17.2 Å². The second kappa shape index (κ2) is 5.58. The van der Waals surface area contributed by atoms with E-state index in [1.54, 1.807) is 12.1 Å². The minimum absolute atomic E-state index is 0.0733. The number of halogens is 3. The molecule has 20 heavy (non-hydrogen) atoms. The highest BCUT2D eigenvalue weighted by atomic mass is 19.4. The first kappa shape index (κ1) is 14.5. The fourth-order valence-electron chi connectivity index (χ4n) is 1.71. The molecule has 0 bridgehead atoms. The van der Waals surface area contributed by atoms with E-state index in [0.717, 1.165) is 17.8 Å². The molecule has 0 unspecified atom stereocenters. The quantitative estimate of drug-likeness (QED) is 0.936. The average Bonchev–Trinajstić information content (AvgIpc) is 2.46. The average molecular weight is 281 g/mol. The Hall–Kier alpha value is -1.95. The molecular weight excluding hydrogens is 267 g/mol. The van der Waals surface area contributed by atoms with Crippen LogP contribution in [-0.2, 0) is 6.18 Å². The summed E-state index contributed by atoms with van der Waals surface area (Å²) in [5.74, 6) is 0. The third-order valence-corrected chi connectivity index (χ3v) is 3.07. The van der Waals surface area contributed by atoms with Crippen molar-refractivity contribution in [2.75, 3.05) is 7.05 Å². The number of nitrogens with zero attached hydrogens (tertiary/aromatic N) is 2. The predicted octanol–water partition coefficient (Wildman–Crippen LogP) is 3.44. The van der Waals surface area contributed by atoms with Crippen LogP contribution in [0.1, 0.15) is 24.2 Å². The van der Waals surface area contributed by atoms with E-state index in [2.05, 4.69) is 15.5 Å². The van der Waals surface area contributed by atoms with Gasteiger partial charge in [0.05, 0.1) is 17.0 Å². The Morgan fingerprint density at radius 2 is 1.65 bits per heavy atom. The molecule has 0 saturated heterocycles. The van der Waals surface area contributed by atoms with E-state index in [9.17, 15) is 13.2 Å². The summed E-state index contributed by atoms with van der Waals surface area (Å²) in [6.07, 6.45) is -4.32. The summed E-state index contributed by atoms with van der Waals surface area (Å²) in [7, 11) is 1.82. The summed E-state index contributed by atoms with van der Waals surface area (Å²) in [6.45, 7) is 1.95. The molecule has 2 rings (SSSR count). The number of hydrogen-bond donors (Lipinski definition) is 1. The van der Waals surface area contributed by atoms with Crippen molar-refractivity contribution in [3.8, 4) is 11.3 Å². The van der Waals surface area contributed by atoms with E-state index in [0.29, 0.717) is 11.3 Å². The number of hydrogen-bond acceptors (Lipinski definition) is 3. The standard InChI is InChI=1S/C14H14F3N3/c1-9(18-2)12-7-8-13(20-19-12)10-3-5-11(6-4-10)14(15,16)17/h3-9,18H,1-2H3/t9-/m1/s1. The second-order valence-electron chi connectivity index (χ2n) is 4.43. The van der Waals surface area contributed by atoms with Gasteiger partial charge in [-0.15, -0.1) is 0 Å². The van der Waals surface area contributed by atoms with Crippen LogP contribution in [0.2, 0.25) is 0 Å². The maximum atomic E-state index is 12.5. The highest BCUT2D eigenvalue weighted by Gasteiger charge is 2.30. The molecule has 0 fully saturated rings. The Labute approximate surface area is 114 Å². The maximum absolute atomic E-state index is 12.5. The molecule has 1 atom stereocenters. The summed E-state index contributed by atoms with van der Waals surface area (Å²) in [6, 6.07) is 8.51. The van der Waals surface area contributed by atoms with Crippen LogP contribution in [0, 0.1) is 0 Å². The lowest BCUT2D eigenvalue weighted by Gasteiger charge is -2.09. The van der Waals surface area contributed by atoms with Gasteiger partial charge in [-0.2, -0.15) is 23.4 Å². The van der Waals surface area contributed by atoms with Gasteiger partial charge in [-0.3, -0.25) is 0 Å². The zero-order valence-corrected chi connectivity index (χ0v) is 11.1. The van der Waals surface area contributed by atoms with Crippen LogP contribution in [0.15, 0.2) is 36.4 Å². The van der Waals surface area contributed by atoms with Crippen LogP contribution in [0.4, 0.5) is 13.2 Å². The van der Waals surface area contributed by atoms with Gasteiger partial charge in [-0.05, 0) is 38.2 Å². The molecule has 0 amide bonds. The number of benzene rings is 1. The van der Waals surface area contributed by atoms with Gasteiger partial charge < -0.3 is 5.32 Å². The first-order chi connectivity index (χ1) is 9.41. The van der Waals surface area contributed by atoms with Crippen molar-refractivity contribution in [3.63, 3.8) is 0 Å². The molecule has 0 aliphatic carbocycles. The lowest BCUT2D eigenvalue weighted by atomic mass is 10.1. The van der Waals surface area contributed by atoms with Gasteiger partial charge in [0.2, 0.25) is 0 Å². The minimum atomic E-state index is -4.32. The van der Waals surface area contributed by atoms with Gasteiger partial charge in [0.25, 0.3) is 0 Å². The third kappa shape index (κ3) is 3.14. The summed E-state index contributed by atoms with van der Waals surface area (Å²) < 4.78 is 37.4. The molecule has 0 aliphatic rings. The molecule has 2 aromatic rings. The van der Waals surface area contributed by atoms with Crippen LogP contribution < -0.4 is 5.32 Å². The van der Waals surface area contributed by atoms with Crippen molar-refractivity contribution in [1.82, 2.24) is 15.5 Å². The monoisotopic (exact) mass is 281 g/mol. The molecule has 0 spiro atoms. The Morgan fingerprint density at radius 3 is 2.10 bits per heavy atom. The van der Waals surface area contributed by atoms with E-state index in [1.165, 1.54) is 12.1 Å². The summed E-state index contributed by atoms with van der Waals surface area (Å²) >= 11 is 0. The van der Waals surface area contributed by atoms with Crippen LogP contribution in [0.3, 0.4) is 0 Å². The number of nitrogens with one attached hydrogen (secondary N) is 1. The summed E-state index contributed by atoms with van der Waals surface area (Å²) in [5, 5.41) is 11.1. The molecule has 1 aromatic carbocycles. The zero-order valence-electron chi connectivity index (χ0n) is 11.1. The smallest absolute Gasteiger partial charge is 0.312 e. The van der Waals surface area contributed by atoms with Gasteiger partial charge in [0.1, 0.15) is 0 Å². The number of alkyl halides is 3. The lowest BCUT2D eigenvalue weighted by Crippen LogP contribution is -2.14. The van der Waals surface area contributed by atoms with Crippen LogP contribution in [0.25, 0.3) is 11.3 Å². The van der Waals surface area contributed by atoms with Gasteiger partial charge in [0, 0.05) is 11.6 Å². The molecular formula is C14H14F3N3. The van der Waals surface area contributed by atoms with Crippen molar-refractivity contribution < 1.29 is 13.2 Å². The zero-order chi connectivity index (χ0) is 14.8. The van der Waals surface area contributed by atoms with E-state index >= 15 is 0 Å². The first-order valence-corrected chi connectivity index (χ1v) is 6.10. The van der Waals surface area contributed by atoms with Gasteiger partial charge in [0.15, 0.2) is 0 Å². The Morgan fingerprint density at radius 1 is 1.00 bits per heavy atom. The normalized spacial score (nSPS) is 13.2. The van der Waals surface area contributed by atoms with Gasteiger partial charge >= 0.3 is 6.18 Å². The van der Waals surface area contributed by atoms with Crippen molar-refractivity contribution in [1.29, 1.82) is 0 Å². The largest absolute Gasteiger partial charge is 0.416 e. The van der Waals surface area contributed by atoms with Crippen molar-refractivity contribution >= 4 is 0 Å². The fraction of sp³-hybridized carbons (Fsp3) is 0.286. The Balaban J connectivity index is 2.24. The van der Waals surface area contributed by atoms with E-state index in [1.807, 2.05) is 14.0 Å². The van der Waals surface area contributed by atoms with E-state index in [-0.39, 0.29) is 6.04 Å². The molecule has 0 saturated carbocycles. The molecule has 1 heterocycles. The summed E-state index contributed by atoms with van der Waals surface area (Å²) in [5.41, 5.74) is 1.26. The molecule has 106 valence electrons. The molecule has 6 heteroatoms. The fourth-order valence-corrected chi connectivity index (χ4v) is 1.71. The highest BCUT2D eigenvalue weighted by Crippen LogP contribution is 2.30. The second-order valence-corrected chi connectivity index (χ2v) is 4.43. The van der Waals surface area contributed by atoms with Crippen molar-refractivity contribution in [2.24, 2.45) is 0 Å². The van der Waals surface area contributed by atoms with Crippen molar-refractivity contribution in [2.45, 2.75) is 19.1 Å². The molecule has 3 nitrogen and oxygen atoms in total. The predicted molar refractivity (Wildman–Crippen MR) is 69.9 cm³/mol. The van der Waals surface area contributed by atoms with Crippen LogP contribution >= 0.6 is 0 Å². The van der Waals surface area contributed by atoms with Gasteiger partial charge in [-0.25, -0.2) is 0 Å². The third-order valence-electron chi connectivity index (χ3n) is 3.07. The molecule has 1 N–H and O–H groups in total. The van der Waals surface area contributed by atoms with E-state index < -0.39 is 11.7 Å². The molecule has 1 aromatic heterocycles. The van der Waals surface area contributed by atoms with Crippen LogP contribution in [0.5, 0.6) is 0 Å². The molecule has 0 aliphatic heterocycles. The maximum Gasteiger partial charge on any atom is 0.416 e. The van der Waals surface area contributed by atoms with Gasteiger partial charge in [-0.1, -0.05) is 12.1 Å². The number of rotatable bonds is 3. The topological polar surface area (TPSA) is 37.8 Å². The highest BCUT2D eigenvalue weighted by molar-refractivity contribution is 5.58. The SMILES string of the molecule is CN[C@H](C)c1ccc(-c2ccc(C(F)(F)F)cc2)nn1. The summed E-state index contributed by atoms with van der Waals surface area (Å²) in [4.78, 5) is 0. The minimum Gasteiger partial charge on any atom is -0.312 e. The Bertz CT molecular complexity index is 562. The first-order valence-electron chi connectivity index (χ1n) is 6.10. The van der Waals surface area contributed by atoms with Crippen molar-refractivity contribution in [3.05, 3.63) is 47.7 Å². The number of aromatic nitrogens is 2. The molecule has 0 radical (unpaired) electrons. The van der Waals surface area contributed by atoms with E-state index in [4.69, 9.17) is 0 Å².